The molecule has 3 aromatic rings. The van der Waals surface area contributed by atoms with E-state index in [9.17, 15) is 9.59 Å². The van der Waals surface area contributed by atoms with Crippen LogP contribution in [0.3, 0.4) is 0 Å². The quantitative estimate of drug-likeness (QED) is 0.692. The molecule has 112 valence electrons. The highest BCUT2D eigenvalue weighted by atomic mass is 32.1. The maximum absolute atomic E-state index is 12.3. The predicted octanol–water partition coefficient (Wildman–Crippen LogP) is 2.06. The zero-order chi connectivity index (χ0) is 15.7. The molecule has 0 aliphatic carbocycles. The summed E-state index contributed by atoms with van der Waals surface area (Å²) in [6, 6.07) is 6.86. The average molecular weight is 315 g/mol. The molecule has 22 heavy (non-hydrogen) atoms. The molecule has 0 atom stereocenters. The van der Waals surface area contributed by atoms with E-state index in [-0.39, 0.29) is 17.9 Å². The van der Waals surface area contributed by atoms with E-state index in [0.29, 0.717) is 16.5 Å². The number of esters is 1. The highest BCUT2D eigenvalue weighted by molar-refractivity contribution is 7.09. The number of rotatable bonds is 3. The zero-order valence-electron chi connectivity index (χ0n) is 12.1. The van der Waals surface area contributed by atoms with Gasteiger partial charge in [-0.25, -0.2) is 14.5 Å². The number of aryl methyl sites for hydroxylation is 2. The summed E-state index contributed by atoms with van der Waals surface area (Å²) in [5.74, 6) is -0.572. The second-order valence-corrected chi connectivity index (χ2v) is 5.82. The Bertz CT molecular complexity index is 914. The van der Waals surface area contributed by atoms with Crippen molar-refractivity contribution in [3.8, 4) is 0 Å². The molecule has 2 heterocycles. The minimum Gasteiger partial charge on any atom is -0.454 e. The number of thiazole rings is 1. The summed E-state index contributed by atoms with van der Waals surface area (Å²) in [5.41, 5.74) is 0.580. The van der Waals surface area contributed by atoms with Gasteiger partial charge in [0, 0.05) is 17.8 Å². The lowest BCUT2D eigenvalue weighted by Gasteiger charge is -2.07. The number of carbonyl (C=O) groups excluding carboxylic acids is 1. The van der Waals surface area contributed by atoms with E-state index < -0.39 is 5.97 Å². The summed E-state index contributed by atoms with van der Waals surface area (Å²) in [5, 5.41) is 7.72. The molecule has 2 aromatic heterocycles. The molecule has 0 aliphatic heterocycles. The first kappa shape index (κ1) is 14.4. The SMILES string of the molecule is Cc1nc(COC(=O)c2nn(C)c(=O)c3ccccc23)cs1. The van der Waals surface area contributed by atoms with Gasteiger partial charge < -0.3 is 4.74 Å². The van der Waals surface area contributed by atoms with Crippen molar-refractivity contribution in [3.05, 3.63) is 56.4 Å². The van der Waals surface area contributed by atoms with Crippen molar-refractivity contribution in [2.75, 3.05) is 0 Å². The highest BCUT2D eigenvalue weighted by Crippen LogP contribution is 2.15. The summed E-state index contributed by atoms with van der Waals surface area (Å²) in [4.78, 5) is 28.5. The van der Waals surface area contributed by atoms with Crippen molar-refractivity contribution in [2.24, 2.45) is 7.05 Å². The Hall–Kier alpha value is -2.54. The molecule has 0 unspecified atom stereocenters. The van der Waals surface area contributed by atoms with Crippen LogP contribution in [0.15, 0.2) is 34.4 Å². The van der Waals surface area contributed by atoms with Crippen LogP contribution in [0.4, 0.5) is 0 Å². The topological polar surface area (TPSA) is 74.1 Å². The van der Waals surface area contributed by atoms with Gasteiger partial charge >= 0.3 is 5.97 Å². The van der Waals surface area contributed by atoms with Gasteiger partial charge in [0.25, 0.3) is 5.56 Å². The van der Waals surface area contributed by atoms with E-state index in [2.05, 4.69) is 10.1 Å². The van der Waals surface area contributed by atoms with Crippen LogP contribution in [-0.4, -0.2) is 20.7 Å². The molecular weight excluding hydrogens is 302 g/mol. The fourth-order valence-corrected chi connectivity index (χ4v) is 2.73. The first-order valence-corrected chi connectivity index (χ1v) is 7.48. The van der Waals surface area contributed by atoms with Crippen LogP contribution in [-0.2, 0) is 18.4 Å². The van der Waals surface area contributed by atoms with Crippen LogP contribution >= 0.6 is 11.3 Å². The number of benzene rings is 1. The third kappa shape index (κ3) is 2.62. The molecule has 1 aromatic carbocycles. The predicted molar refractivity (Wildman–Crippen MR) is 83.0 cm³/mol. The molecular formula is C15H13N3O3S. The number of hydrogen-bond donors (Lipinski definition) is 0. The van der Waals surface area contributed by atoms with E-state index in [4.69, 9.17) is 4.74 Å². The van der Waals surface area contributed by atoms with Crippen LogP contribution in [0.25, 0.3) is 10.8 Å². The largest absolute Gasteiger partial charge is 0.454 e. The molecule has 0 amide bonds. The van der Waals surface area contributed by atoms with Crippen molar-refractivity contribution in [1.29, 1.82) is 0 Å². The molecule has 0 saturated carbocycles. The van der Waals surface area contributed by atoms with E-state index >= 15 is 0 Å². The van der Waals surface area contributed by atoms with Gasteiger partial charge in [0.2, 0.25) is 0 Å². The summed E-state index contributed by atoms with van der Waals surface area (Å²) in [6.45, 7) is 1.97. The van der Waals surface area contributed by atoms with E-state index in [1.807, 2.05) is 12.3 Å². The Morgan fingerprint density at radius 2 is 2.05 bits per heavy atom. The maximum Gasteiger partial charge on any atom is 0.359 e. The van der Waals surface area contributed by atoms with E-state index in [1.165, 1.54) is 18.4 Å². The normalized spacial score (nSPS) is 10.8. The molecule has 0 radical (unpaired) electrons. The Kier molecular flexibility index (Phi) is 3.72. The fraction of sp³-hybridized carbons (Fsp3) is 0.200. The van der Waals surface area contributed by atoms with Gasteiger partial charge in [-0.05, 0) is 13.0 Å². The van der Waals surface area contributed by atoms with Gasteiger partial charge in [-0.1, -0.05) is 18.2 Å². The highest BCUT2D eigenvalue weighted by Gasteiger charge is 2.17. The summed E-state index contributed by atoms with van der Waals surface area (Å²) < 4.78 is 6.40. The van der Waals surface area contributed by atoms with Crippen molar-refractivity contribution >= 4 is 28.1 Å². The molecule has 0 aliphatic rings. The van der Waals surface area contributed by atoms with Crippen molar-refractivity contribution in [1.82, 2.24) is 14.8 Å². The molecule has 0 saturated heterocycles. The Morgan fingerprint density at radius 3 is 2.73 bits per heavy atom. The first-order valence-electron chi connectivity index (χ1n) is 6.60. The Balaban J connectivity index is 1.94. The molecule has 0 bridgehead atoms. The number of carbonyl (C=O) groups is 1. The molecule has 7 heteroatoms. The molecule has 0 spiro atoms. The maximum atomic E-state index is 12.3. The van der Waals surface area contributed by atoms with Gasteiger partial charge in [0.15, 0.2) is 5.69 Å². The minimum atomic E-state index is -0.572. The van der Waals surface area contributed by atoms with Gasteiger partial charge in [-0.3, -0.25) is 4.79 Å². The number of aromatic nitrogens is 3. The smallest absolute Gasteiger partial charge is 0.359 e. The standard InChI is InChI=1S/C15H13N3O3S/c1-9-16-10(8-22-9)7-21-15(20)13-11-5-3-4-6-12(11)14(19)18(2)17-13/h3-6,8H,7H2,1-2H3. The monoisotopic (exact) mass is 315 g/mol. The van der Waals surface area contributed by atoms with Gasteiger partial charge in [0.05, 0.1) is 16.1 Å². The molecule has 0 N–H and O–H groups in total. The lowest BCUT2D eigenvalue weighted by Crippen LogP contribution is -2.23. The van der Waals surface area contributed by atoms with Gasteiger partial charge in [-0.2, -0.15) is 5.10 Å². The fourth-order valence-electron chi connectivity index (χ4n) is 2.13. The summed E-state index contributed by atoms with van der Waals surface area (Å²) in [7, 11) is 1.51. The van der Waals surface area contributed by atoms with Crippen LogP contribution in [0.1, 0.15) is 21.2 Å². The summed E-state index contributed by atoms with van der Waals surface area (Å²) in [6.07, 6.45) is 0. The van der Waals surface area contributed by atoms with E-state index in [0.717, 1.165) is 9.69 Å². The Morgan fingerprint density at radius 1 is 1.32 bits per heavy atom. The second-order valence-electron chi connectivity index (χ2n) is 4.76. The zero-order valence-corrected chi connectivity index (χ0v) is 12.9. The van der Waals surface area contributed by atoms with Crippen LogP contribution in [0.5, 0.6) is 0 Å². The average Bonchev–Trinajstić information content (AvgIpc) is 2.94. The lowest BCUT2D eigenvalue weighted by atomic mass is 10.1. The number of hydrogen-bond acceptors (Lipinski definition) is 6. The third-order valence-corrected chi connectivity index (χ3v) is 3.99. The third-order valence-electron chi connectivity index (χ3n) is 3.17. The number of ether oxygens (including phenoxy) is 1. The van der Waals surface area contributed by atoms with Crippen LogP contribution in [0, 0.1) is 6.92 Å². The molecule has 3 rings (SSSR count). The van der Waals surface area contributed by atoms with Crippen molar-refractivity contribution in [2.45, 2.75) is 13.5 Å². The van der Waals surface area contributed by atoms with Gasteiger partial charge in [-0.15, -0.1) is 11.3 Å². The van der Waals surface area contributed by atoms with Crippen molar-refractivity contribution in [3.63, 3.8) is 0 Å². The van der Waals surface area contributed by atoms with E-state index in [1.54, 1.807) is 24.3 Å². The first-order chi connectivity index (χ1) is 10.6. The lowest BCUT2D eigenvalue weighted by molar-refractivity contribution is 0.0461. The van der Waals surface area contributed by atoms with Crippen molar-refractivity contribution < 1.29 is 9.53 Å². The van der Waals surface area contributed by atoms with Crippen LogP contribution < -0.4 is 5.56 Å². The number of nitrogens with zero attached hydrogens (tertiary/aromatic N) is 3. The Labute approximate surface area is 130 Å². The minimum absolute atomic E-state index is 0.0853. The van der Waals surface area contributed by atoms with Gasteiger partial charge in [0.1, 0.15) is 6.61 Å². The number of fused-ring (bicyclic) bond motifs is 1. The second kappa shape index (κ2) is 5.69. The molecule has 0 fully saturated rings. The summed E-state index contributed by atoms with van der Waals surface area (Å²) >= 11 is 1.50. The van der Waals surface area contributed by atoms with Crippen LogP contribution in [0.2, 0.25) is 0 Å². The molecule has 6 nitrogen and oxygen atoms in total.